The van der Waals surface area contributed by atoms with Crippen LogP contribution in [0.15, 0.2) is 54.6 Å². The molecule has 0 spiro atoms. The Morgan fingerprint density at radius 3 is 2.50 bits per heavy atom. The van der Waals surface area contributed by atoms with E-state index in [1.54, 1.807) is 0 Å². The topological polar surface area (TPSA) is 67.9 Å². The lowest BCUT2D eigenvalue weighted by Crippen LogP contribution is -2.35. The first-order valence-corrected chi connectivity index (χ1v) is 11.4. The van der Waals surface area contributed by atoms with Gasteiger partial charge >= 0.3 is 5.97 Å². The van der Waals surface area contributed by atoms with Crippen molar-refractivity contribution in [2.45, 2.75) is 13.8 Å². The average molecular weight is 451 g/mol. The minimum Gasteiger partial charge on any atom is -0.451 e. The van der Waals surface area contributed by atoms with Crippen LogP contribution < -0.4 is 10.2 Å². The molecule has 32 heavy (non-hydrogen) atoms. The quantitative estimate of drug-likeness (QED) is 0.553. The van der Waals surface area contributed by atoms with Crippen molar-refractivity contribution in [3.8, 4) is 11.1 Å². The summed E-state index contributed by atoms with van der Waals surface area (Å²) in [5, 5.41) is 3.80. The van der Waals surface area contributed by atoms with Crippen molar-refractivity contribution in [2.75, 3.05) is 43.1 Å². The second-order valence-corrected chi connectivity index (χ2v) is 8.75. The highest BCUT2D eigenvalue weighted by atomic mass is 32.1. The van der Waals surface area contributed by atoms with Crippen LogP contribution >= 0.6 is 11.3 Å². The first kappa shape index (κ1) is 22.0. The Balaban J connectivity index is 1.46. The van der Waals surface area contributed by atoms with Crippen LogP contribution in [0.5, 0.6) is 0 Å². The predicted molar refractivity (Wildman–Crippen MR) is 128 cm³/mol. The van der Waals surface area contributed by atoms with Gasteiger partial charge in [0.25, 0.3) is 5.91 Å². The maximum Gasteiger partial charge on any atom is 0.348 e. The first-order valence-electron chi connectivity index (χ1n) is 10.6. The third-order valence-corrected chi connectivity index (χ3v) is 6.60. The van der Waals surface area contributed by atoms with Crippen molar-refractivity contribution in [3.63, 3.8) is 0 Å². The molecule has 1 amide bonds. The minimum absolute atomic E-state index is 0.336. The number of amides is 1. The van der Waals surface area contributed by atoms with Gasteiger partial charge in [0.1, 0.15) is 4.88 Å². The molecule has 2 aromatic carbocycles. The molecule has 0 aliphatic carbocycles. The third-order valence-electron chi connectivity index (χ3n) is 5.42. The fourth-order valence-electron chi connectivity index (χ4n) is 3.53. The summed E-state index contributed by atoms with van der Waals surface area (Å²) in [5.74, 6) is -0.864. The molecule has 4 rings (SSSR count). The van der Waals surface area contributed by atoms with Gasteiger partial charge < -0.3 is 19.7 Å². The highest BCUT2D eigenvalue weighted by Gasteiger charge is 2.23. The van der Waals surface area contributed by atoms with Crippen LogP contribution in [0.3, 0.4) is 0 Å². The number of aryl methyl sites for hydroxylation is 2. The fourth-order valence-corrected chi connectivity index (χ4v) is 4.65. The number of rotatable bonds is 6. The molecule has 1 fully saturated rings. The molecule has 0 radical (unpaired) electrons. The van der Waals surface area contributed by atoms with Crippen LogP contribution in [0, 0.1) is 13.8 Å². The van der Waals surface area contributed by atoms with Crippen LogP contribution in [0.2, 0.25) is 0 Å². The molecule has 0 atom stereocenters. The summed E-state index contributed by atoms with van der Waals surface area (Å²) in [4.78, 5) is 27.7. The monoisotopic (exact) mass is 450 g/mol. The van der Waals surface area contributed by atoms with Gasteiger partial charge in [-0.05, 0) is 48.7 Å². The number of thiophene rings is 1. The van der Waals surface area contributed by atoms with Crippen molar-refractivity contribution in [3.05, 3.63) is 70.6 Å². The van der Waals surface area contributed by atoms with E-state index in [0.717, 1.165) is 40.3 Å². The van der Waals surface area contributed by atoms with Gasteiger partial charge in [0.05, 0.1) is 18.2 Å². The molecule has 0 saturated carbocycles. The number of carbonyl (C=O) groups excluding carboxylic acids is 2. The summed E-state index contributed by atoms with van der Waals surface area (Å²) in [5.41, 5.74) is 4.95. The summed E-state index contributed by atoms with van der Waals surface area (Å²) >= 11 is 1.39. The molecule has 1 aliphatic rings. The second-order valence-electron chi connectivity index (χ2n) is 7.72. The highest BCUT2D eigenvalue weighted by Crippen LogP contribution is 2.39. The molecular formula is C25H26N2O4S. The number of benzene rings is 2. The zero-order valence-electron chi connectivity index (χ0n) is 18.2. The van der Waals surface area contributed by atoms with Crippen molar-refractivity contribution >= 4 is 33.9 Å². The maximum absolute atomic E-state index is 12.7. The molecule has 166 valence electrons. The Morgan fingerprint density at radius 2 is 1.78 bits per heavy atom. The molecule has 1 aromatic heterocycles. The molecule has 0 bridgehead atoms. The largest absolute Gasteiger partial charge is 0.451 e. The number of ether oxygens (including phenoxy) is 2. The summed E-state index contributed by atoms with van der Waals surface area (Å²) in [7, 11) is 0. The van der Waals surface area contributed by atoms with Gasteiger partial charge in [0, 0.05) is 24.3 Å². The SMILES string of the molecule is Cc1ccc(NC(=O)COC(=O)c2cc(-c3ccccc3)c(N3CCOCC3)s2)cc1C. The van der Waals surface area contributed by atoms with Gasteiger partial charge in [-0.2, -0.15) is 0 Å². The first-order chi connectivity index (χ1) is 15.5. The molecule has 2 heterocycles. The summed E-state index contributed by atoms with van der Waals surface area (Å²) < 4.78 is 10.8. The van der Waals surface area contributed by atoms with E-state index >= 15 is 0 Å². The van der Waals surface area contributed by atoms with E-state index in [4.69, 9.17) is 9.47 Å². The summed E-state index contributed by atoms with van der Waals surface area (Å²) in [6.07, 6.45) is 0. The molecule has 6 nitrogen and oxygen atoms in total. The van der Waals surface area contributed by atoms with E-state index in [1.807, 2.05) is 68.4 Å². The van der Waals surface area contributed by atoms with Gasteiger partial charge in [0.15, 0.2) is 6.61 Å². The van der Waals surface area contributed by atoms with Gasteiger partial charge in [-0.3, -0.25) is 4.79 Å². The number of carbonyl (C=O) groups is 2. The molecule has 1 saturated heterocycles. The Bertz CT molecular complexity index is 1100. The van der Waals surface area contributed by atoms with Crippen molar-refractivity contribution in [1.82, 2.24) is 0 Å². The van der Waals surface area contributed by atoms with E-state index in [9.17, 15) is 9.59 Å². The van der Waals surface area contributed by atoms with Crippen molar-refractivity contribution < 1.29 is 19.1 Å². The Labute approximate surface area is 191 Å². The molecular weight excluding hydrogens is 424 g/mol. The lowest BCUT2D eigenvalue weighted by atomic mass is 10.1. The van der Waals surface area contributed by atoms with E-state index in [1.165, 1.54) is 11.3 Å². The Hall–Kier alpha value is -3.16. The lowest BCUT2D eigenvalue weighted by Gasteiger charge is -2.28. The minimum atomic E-state index is -0.498. The van der Waals surface area contributed by atoms with Crippen LogP contribution in [0.25, 0.3) is 11.1 Å². The zero-order valence-corrected chi connectivity index (χ0v) is 19.0. The Kier molecular flexibility index (Phi) is 6.87. The highest BCUT2D eigenvalue weighted by molar-refractivity contribution is 7.18. The third kappa shape index (κ3) is 5.18. The van der Waals surface area contributed by atoms with Gasteiger partial charge in [0.2, 0.25) is 0 Å². The van der Waals surface area contributed by atoms with Crippen molar-refractivity contribution in [1.29, 1.82) is 0 Å². The number of nitrogens with zero attached hydrogens (tertiary/aromatic N) is 1. The molecule has 1 N–H and O–H groups in total. The van der Waals surface area contributed by atoms with Gasteiger partial charge in [-0.15, -0.1) is 11.3 Å². The van der Waals surface area contributed by atoms with Crippen LogP contribution in [0.4, 0.5) is 10.7 Å². The van der Waals surface area contributed by atoms with Gasteiger partial charge in [-0.25, -0.2) is 4.79 Å². The standard InChI is InChI=1S/C25H26N2O4S/c1-17-8-9-20(14-18(17)2)26-23(28)16-31-25(29)22-15-21(19-6-4-3-5-7-19)24(32-22)27-10-12-30-13-11-27/h3-9,14-15H,10-13,16H2,1-2H3,(H,26,28). The fraction of sp³-hybridized carbons (Fsp3) is 0.280. The lowest BCUT2D eigenvalue weighted by molar-refractivity contribution is -0.119. The average Bonchev–Trinajstić information content (AvgIpc) is 3.27. The molecule has 0 unspecified atom stereocenters. The summed E-state index contributed by atoms with van der Waals surface area (Å²) in [6.45, 7) is 6.52. The number of hydrogen-bond donors (Lipinski definition) is 1. The number of hydrogen-bond acceptors (Lipinski definition) is 6. The van der Waals surface area contributed by atoms with Crippen LogP contribution in [0.1, 0.15) is 20.8 Å². The summed E-state index contributed by atoms with van der Waals surface area (Å²) in [6, 6.07) is 17.5. The molecule has 7 heteroatoms. The second kappa shape index (κ2) is 9.97. The van der Waals surface area contributed by atoms with E-state index < -0.39 is 5.97 Å². The predicted octanol–water partition coefficient (Wildman–Crippen LogP) is 4.66. The number of esters is 1. The maximum atomic E-state index is 12.7. The van der Waals surface area contributed by atoms with E-state index in [0.29, 0.717) is 23.8 Å². The Morgan fingerprint density at radius 1 is 1.03 bits per heavy atom. The smallest absolute Gasteiger partial charge is 0.348 e. The van der Waals surface area contributed by atoms with Gasteiger partial charge in [-0.1, -0.05) is 36.4 Å². The van der Waals surface area contributed by atoms with E-state index in [-0.39, 0.29) is 12.5 Å². The normalized spacial score (nSPS) is 13.6. The van der Waals surface area contributed by atoms with E-state index in [2.05, 4.69) is 10.2 Å². The number of morpholine rings is 1. The number of anilines is 2. The van der Waals surface area contributed by atoms with Crippen LogP contribution in [-0.4, -0.2) is 44.8 Å². The van der Waals surface area contributed by atoms with Crippen molar-refractivity contribution in [2.24, 2.45) is 0 Å². The number of nitrogens with one attached hydrogen (secondary N) is 1. The molecule has 1 aliphatic heterocycles. The molecule has 3 aromatic rings. The van der Waals surface area contributed by atoms with Crippen LogP contribution in [-0.2, 0) is 14.3 Å². The zero-order chi connectivity index (χ0) is 22.5.